The molecule has 4 heteroatoms. The predicted octanol–water partition coefficient (Wildman–Crippen LogP) is 3.61. The first kappa shape index (κ1) is 14.3. The largest absolute Gasteiger partial charge is 0.351 e. The zero-order valence-electron chi connectivity index (χ0n) is 13.2. The van der Waals surface area contributed by atoms with Crippen molar-refractivity contribution in [2.75, 3.05) is 25.5 Å². The van der Waals surface area contributed by atoms with E-state index in [4.69, 9.17) is 4.98 Å². The highest BCUT2D eigenvalue weighted by atomic mass is 32.1. The minimum absolute atomic E-state index is 0.360. The number of rotatable bonds is 4. The molecule has 3 nitrogen and oxygen atoms in total. The van der Waals surface area contributed by atoms with E-state index in [1.807, 2.05) is 11.3 Å². The van der Waals surface area contributed by atoms with Crippen molar-refractivity contribution in [3.05, 3.63) is 10.6 Å². The highest BCUT2D eigenvalue weighted by Gasteiger charge is 2.35. The summed E-state index contributed by atoms with van der Waals surface area (Å²) in [6, 6.07) is 0.483. The van der Waals surface area contributed by atoms with Crippen molar-refractivity contribution < 1.29 is 0 Å². The summed E-state index contributed by atoms with van der Waals surface area (Å²) in [6.07, 6.45) is 6.56. The molecule has 3 rings (SSSR count). The Kier molecular flexibility index (Phi) is 3.80. The van der Waals surface area contributed by atoms with Crippen LogP contribution in [0, 0.1) is 11.3 Å². The summed E-state index contributed by atoms with van der Waals surface area (Å²) in [5, 5.41) is 4.71. The van der Waals surface area contributed by atoms with Gasteiger partial charge < -0.3 is 10.2 Å². The second-order valence-corrected chi connectivity index (χ2v) is 8.38. The second-order valence-electron chi connectivity index (χ2n) is 7.37. The highest BCUT2D eigenvalue weighted by Crippen LogP contribution is 2.44. The lowest BCUT2D eigenvalue weighted by molar-refractivity contribution is 0.265. The van der Waals surface area contributed by atoms with Crippen molar-refractivity contribution >= 4 is 16.5 Å². The maximum absolute atomic E-state index is 4.96. The SMILES string of the molecule is CNC1CC(C)(C)Cc2nc(N(C)CC3CCC3)sc21. The van der Waals surface area contributed by atoms with Crippen LogP contribution in [0.3, 0.4) is 0 Å². The van der Waals surface area contributed by atoms with Gasteiger partial charge in [-0.1, -0.05) is 31.6 Å². The fourth-order valence-corrected chi connectivity index (χ4v) is 4.62. The molecule has 1 N–H and O–H groups in total. The molecule has 112 valence electrons. The van der Waals surface area contributed by atoms with Crippen molar-refractivity contribution in [3.8, 4) is 0 Å². The third kappa shape index (κ3) is 2.73. The Labute approximate surface area is 126 Å². The smallest absolute Gasteiger partial charge is 0.185 e. The molecule has 1 saturated carbocycles. The van der Waals surface area contributed by atoms with E-state index in [9.17, 15) is 0 Å². The van der Waals surface area contributed by atoms with E-state index in [2.05, 4.69) is 38.2 Å². The van der Waals surface area contributed by atoms with Crippen LogP contribution in [0.2, 0.25) is 0 Å². The van der Waals surface area contributed by atoms with Gasteiger partial charge in [-0.3, -0.25) is 0 Å². The van der Waals surface area contributed by atoms with Crippen molar-refractivity contribution in [1.82, 2.24) is 10.3 Å². The van der Waals surface area contributed by atoms with Crippen molar-refractivity contribution in [2.45, 2.75) is 52.0 Å². The van der Waals surface area contributed by atoms with Crippen LogP contribution in [-0.2, 0) is 6.42 Å². The lowest BCUT2D eigenvalue weighted by Crippen LogP contribution is -2.31. The van der Waals surface area contributed by atoms with Crippen LogP contribution in [0.15, 0.2) is 0 Å². The number of fused-ring (bicyclic) bond motifs is 1. The molecule has 1 fully saturated rings. The number of nitrogens with zero attached hydrogens (tertiary/aromatic N) is 2. The molecule has 0 spiro atoms. The molecule has 0 amide bonds. The van der Waals surface area contributed by atoms with E-state index in [0.29, 0.717) is 11.5 Å². The van der Waals surface area contributed by atoms with Crippen LogP contribution in [0.1, 0.15) is 56.1 Å². The monoisotopic (exact) mass is 293 g/mol. The maximum Gasteiger partial charge on any atom is 0.185 e. The van der Waals surface area contributed by atoms with Crippen LogP contribution in [0.25, 0.3) is 0 Å². The fourth-order valence-electron chi connectivity index (χ4n) is 3.46. The molecule has 1 aromatic heterocycles. The molecular weight excluding hydrogens is 266 g/mol. The topological polar surface area (TPSA) is 28.2 Å². The summed E-state index contributed by atoms with van der Waals surface area (Å²) in [7, 11) is 4.29. The number of aromatic nitrogens is 1. The van der Waals surface area contributed by atoms with Gasteiger partial charge in [0, 0.05) is 24.5 Å². The van der Waals surface area contributed by atoms with Crippen molar-refractivity contribution in [3.63, 3.8) is 0 Å². The first-order valence-electron chi connectivity index (χ1n) is 7.86. The Morgan fingerprint density at radius 2 is 2.15 bits per heavy atom. The van der Waals surface area contributed by atoms with E-state index >= 15 is 0 Å². The third-order valence-electron chi connectivity index (χ3n) is 4.87. The quantitative estimate of drug-likeness (QED) is 0.919. The van der Waals surface area contributed by atoms with Crippen LogP contribution in [0.5, 0.6) is 0 Å². The van der Waals surface area contributed by atoms with E-state index in [1.165, 1.54) is 47.9 Å². The fraction of sp³-hybridized carbons (Fsp3) is 0.812. The van der Waals surface area contributed by atoms with Crippen LogP contribution < -0.4 is 10.2 Å². The highest BCUT2D eigenvalue weighted by molar-refractivity contribution is 7.15. The van der Waals surface area contributed by atoms with E-state index in [0.717, 1.165) is 12.3 Å². The van der Waals surface area contributed by atoms with Gasteiger partial charge in [-0.05, 0) is 44.1 Å². The van der Waals surface area contributed by atoms with Crippen molar-refractivity contribution in [1.29, 1.82) is 0 Å². The summed E-state index contributed by atoms with van der Waals surface area (Å²) < 4.78 is 0. The Morgan fingerprint density at radius 3 is 2.75 bits per heavy atom. The predicted molar refractivity (Wildman–Crippen MR) is 86.6 cm³/mol. The summed E-state index contributed by atoms with van der Waals surface area (Å²) >= 11 is 1.91. The summed E-state index contributed by atoms with van der Waals surface area (Å²) in [5.74, 6) is 0.900. The Bertz CT molecular complexity index is 476. The van der Waals surface area contributed by atoms with Gasteiger partial charge in [-0.2, -0.15) is 0 Å². The number of anilines is 1. The molecule has 0 aliphatic heterocycles. The molecule has 1 aromatic rings. The molecular formula is C16H27N3S. The minimum atomic E-state index is 0.360. The average molecular weight is 293 g/mol. The number of hydrogen-bond donors (Lipinski definition) is 1. The van der Waals surface area contributed by atoms with Gasteiger partial charge in [0.25, 0.3) is 0 Å². The Balaban J connectivity index is 1.79. The van der Waals surface area contributed by atoms with Gasteiger partial charge in [0.1, 0.15) is 0 Å². The van der Waals surface area contributed by atoms with E-state index < -0.39 is 0 Å². The Hall–Kier alpha value is -0.610. The molecule has 0 saturated heterocycles. The normalized spacial score (nSPS) is 25.1. The van der Waals surface area contributed by atoms with Gasteiger partial charge in [-0.15, -0.1) is 0 Å². The van der Waals surface area contributed by atoms with E-state index in [1.54, 1.807) is 0 Å². The van der Waals surface area contributed by atoms with Gasteiger partial charge in [0.15, 0.2) is 5.13 Å². The third-order valence-corrected chi connectivity index (χ3v) is 6.19. The lowest BCUT2D eigenvalue weighted by atomic mass is 9.76. The number of hydrogen-bond acceptors (Lipinski definition) is 4. The maximum atomic E-state index is 4.96. The number of thiazole rings is 1. The molecule has 2 aliphatic carbocycles. The van der Waals surface area contributed by atoms with Crippen molar-refractivity contribution in [2.24, 2.45) is 11.3 Å². The molecule has 20 heavy (non-hydrogen) atoms. The molecule has 1 heterocycles. The first-order chi connectivity index (χ1) is 9.48. The Morgan fingerprint density at radius 1 is 1.40 bits per heavy atom. The van der Waals surface area contributed by atoms with E-state index in [-0.39, 0.29) is 0 Å². The molecule has 0 radical (unpaired) electrons. The standard InChI is InChI=1S/C16H27N3S/c1-16(2)8-12(17-3)14-13(9-16)18-15(20-14)19(4)10-11-6-5-7-11/h11-12,17H,5-10H2,1-4H3. The lowest BCUT2D eigenvalue weighted by Gasteiger charge is -2.34. The zero-order valence-corrected chi connectivity index (χ0v) is 14.0. The molecule has 2 aliphatic rings. The van der Waals surface area contributed by atoms with Crippen LogP contribution in [0.4, 0.5) is 5.13 Å². The average Bonchev–Trinajstić information content (AvgIpc) is 2.74. The second kappa shape index (κ2) is 5.30. The minimum Gasteiger partial charge on any atom is -0.351 e. The van der Waals surface area contributed by atoms with Gasteiger partial charge in [0.05, 0.1) is 5.69 Å². The molecule has 0 aromatic carbocycles. The van der Waals surface area contributed by atoms with Crippen LogP contribution >= 0.6 is 11.3 Å². The summed E-state index contributed by atoms with van der Waals surface area (Å²) in [4.78, 5) is 8.82. The first-order valence-corrected chi connectivity index (χ1v) is 8.68. The molecule has 1 atom stereocenters. The van der Waals surface area contributed by atoms with Gasteiger partial charge in [-0.25, -0.2) is 4.98 Å². The van der Waals surface area contributed by atoms with Gasteiger partial charge >= 0.3 is 0 Å². The number of nitrogens with one attached hydrogen (secondary N) is 1. The summed E-state index contributed by atoms with van der Waals surface area (Å²) in [5.41, 5.74) is 1.69. The molecule has 0 bridgehead atoms. The van der Waals surface area contributed by atoms with Gasteiger partial charge in [0.2, 0.25) is 0 Å². The zero-order chi connectivity index (χ0) is 14.3. The summed E-state index contributed by atoms with van der Waals surface area (Å²) in [6.45, 7) is 5.90. The molecule has 1 unspecified atom stereocenters. The van der Waals surface area contributed by atoms with Crippen LogP contribution in [-0.4, -0.2) is 25.6 Å².